The second-order valence-electron chi connectivity index (χ2n) is 3.96. The third kappa shape index (κ3) is 3.31. The fraction of sp³-hybridized carbons (Fsp3) is 0.0714. The van der Waals surface area contributed by atoms with Gasteiger partial charge in [0.15, 0.2) is 5.78 Å². The molecule has 0 saturated carbocycles. The van der Waals surface area contributed by atoms with Crippen LogP contribution in [0.25, 0.3) is 0 Å². The van der Waals surface area contributed by atoms with Gasteiger partial charge in [0.2, 0.25) is 0 Å². The average Bonchev–Trinajstić information content (AvgIpc) is 2.37. The van der Waals surface area contributed by atoms with E-state index in [0.717, 1.165) is 6.07 Å². The summed E-state index contributed by atoms with van der Waals surface area (Å²) in [7, 11) is 0. The fourth-order valence-electron chi connectivity index (χ4n) is 1.62. The lowest BCUT2D eigenvalue weighted by atomic mass is 10.0. The summed E-state index contributed by atoms with van der Waals surface area (Å²) in [5, 5.41) is 0.240. The number of halogens is 4. The molecule has 19 heavy (non-hydrogen) atoms. The van der Waals surface area contributed by atoms with Gasteiger partial charge in [0.05, 0.1) is 5.02 Å². The molecule has 0 bridgehead atoms. The van der Waals surface area contributed by atoms with Gasteiger partial charge < -0.3 is 0 Å². The first-order chi connectivity index (χ1) is 8.97. The molecule has 0 saturated heterocycles. The van der Waals surface area contributed by atoms with Crippen molar-refractivity contribution in [2.24, 2.45) is 0 Å². The molecule has 0 unspecified atom stereocenters. The van der Waals surface area contributed by atoms with E-state index in [1.807, 2.05) is 0 Å². The van der Waals surface area contributed by atoms with E-state index in [2.05, 4.69) is 0 Å². The average molecular weight is 301 g/mol. The minimum atomic E-state index is -0.669. The van der Waals surface area contributed by atoms with Crippen molar-refractivity contribution >= 4 is 29.0 Å². The largest absolute Gasteiger partial charge is 0.294 e. The first kappa shape index (κ1) is 14.0. The third-order valence-corrected chi connectivity index (χ3v) is 3.28. The van der Waals surface area contributed by atoms with Crippen molar-refractivity contribution in [3.8, 4) is 0 Å². The molecule has 0 radical (unpaired) electrons. The summed E-state index contributed by atoms with van der Waals surface area (Å²) >= 11 is 11.4. The summed E-state index contributed by atoms with van der Waals surface area (Å²) in [6, 6.07) is 7.54. The molecule has 2 aromatic rings. The molecule has 0 fully saturated rings. The number of carbonyl (C=O) groups excluding carboxylic acids is 1. The highest BCUT2D eigenvalue weighted by atomic mass is 35.5. The van der Waals surface area contributed by atoms with E-state index in [-0.39, 0.29) is 22.8 Å². The summed E-state index contributed by atoms with van der Waals surface area (Å²) < 4.78 is 26.3. The van der Waals surface area contributed by atoms with E-state index in [1.54, 1.807) is 0 Å². The van der Waals surface area contributed by atoms with E-state index < -0.39 is 11.6 Å². The summed E-state index contributed by atoms with van der Waals surface area (Å²) in [4.78, 5) is 12.0. The SMILES string of the molecule is O=C(Cc1cc(F)ccc1Cl)c1ccc(Cl)c(F)c1. The van der Waals surface area contributed by atoms with Gasteiger partial charge in [-0.05, 0) is 42.0 Å². The second-order valence-corrected chi connectivity index (χ2v) is 4.78. The topological polar surface area (TPSA) is 17.1 Å². The van der Waals surface area contributed by atoms with Crippen LogP contribution in [-0.2, 0) is 6.42 Å². The molecule has 98 valence electrons. The Morgan fingerprint density at radius 2 is 1.68 bits per heavy atom. The van der Waals surface area contributed by atoms with Crippen molar-refractivity contribution in [2.45, 2.75) is 6.42 Å². The van der Waals surface area contributed by atoms with E-state index in [9.17, 15) is 13.6 Å². The van der Waals surface area contributed by atoms with E-state index in [0.29, 0.717) is 10.6 Å². The molecule has 2 rings (SSSR count). The van der Waals surface area contributed by atoms with Crippen LogP contribution in [0.15, 0.2) is 36.4 Å². The smallest absolute Gasteiger partial charge is 0.167 e. The maximum atomic E-state index is 13.3. The van der Waals surface area contributed by atoms with Gasteiger partial charge in [0.1, 0.15) is 11.6 Å². The minimum absolute atomic E-state index is 0.0552. The number of benzene rings is 2. The van der Waals surface area contributed by atoms with Crippen LogP contribution in [0.4, 0.5) is 8.78 Å². The van der Waals surface area contributed by atoms with Gasteiger partial charge in [0, 0.05) is 17.0 Å². The van der Waals surface area contributed by atoms with Crippen molar-refractivity contribution in [1.29, 1.82) is 0 Å². The zero-order valence-electron chi connectivity index (χ0n) is 9.59. The first-order valence-electron chi connectivity index (χ1n) is 5.39. The molecule has 5 heteroatoms. The molecule has 0 aliphatic heterocycles. The van der Waals surface area contributed by atoms with Crippen LogP contribution < -0.4 is 0 Å². The van der Waals surface area contributed by atoms with Crippen LogP contribution in [0.3, 0.4) is 0 Å². The zero-order valence-corrected chi connectivity index (χ0v) is 11.1. The monoisotopic (exact) mass is 300 g/mol. The third-order valence-electron chi connectivity index (χ3n) is 2.60. The molecule has 0 spiro atoms. The van der Waals surface area contributed by atoms with Crippen LogP contribution in [0.1, 0.15) is 15.9 Å². The van der Waals surface area contributed by atoms with Crippen LogP contribution in [0.5, 0.6) is 0 Å². The predicted octanol–water partition coefficient (Wildman–Crippen LogP) is 4.70. The molecular weight excluding hydrogens is 293 g/mol. The van der Waals surface area contributed by atoms with Crippen molar-refractivity contribution in [3.63, 3.8) is 0 Å². The molecule has 1 nitrogen and oxygen atoms in total. The molecular formula is C14H8Cl2F2O. The lowest BCUT2D eigenvalue weighted by Crippen LogP contribution is -2.05. The Bertz CT molecular complexity index is 641. The van der Waals surface area contributed by atoms with Gasteiger partial charge in [-0.2, -0.15) is 0 Å². The Balaban J connectivity index is 2.25. The zero-order chi connectivity index (χ0) is 14.0. The molecule has 0 atom stereocenters. The van der Waals surface area contributed by atoms with Crippen LogP contribution in [0.2, 0.25) is 10.0 Å². The maximum absolute atomic E-state index is 13.3. The molecule has 2 aromatic carbocycles. The van der Waals surface area contributed by atoms with Gasteiger partial charge in [-0.3, -0.25) is 4.79 Å². The Morgan fingerprint density at radius 1 is 1.00 bits per heavy atom. The van der Waals surface area contributed by atoms with Crippen molar-refractivity contribution in [3.05, 3.63) is 69.2 Å². The standard InChI is InChI=1S/C14H8Cl2F2O/c15-11-4-2-10(17)5-9(11)7-14(19)8-1-3-12(16)13(18)6-8/h1-6H,7H2. The fourth-order valence-corrected chi connectivity index (χ4v) is 1.93. The van der Waals surface area contributed by atoms with E-state index in [1.165, 1.54) is 30.3 Å². The number of hydrogen-bond donors (Lipinski definition) is 0. The number of hydrogen-bond acceptors (Lipinski definition) is 1. The van der Waals surface area contributed by atoms with E-state index in [4.69, 9.17) is 23.2 Å². The lowest BCUT2D eigenvalue weighted by Gasteiger charge is -2.05. The highest BCUT2D eigenvalue weighted by molar-refractivity contribution is 6.31. The number of Topliss-reactive ketones (excluding diaryl/α,β-unsaturated/α-hetero) is 1. The summed E-state index contributed by atoms with van der Waals surface area (Å²) in [5.74, 6) is -1.50. The van der Waals surface area contributed by atoms with Crippen molar-refractivity contribution in [1.82, 2.24) is 0 Å². The number of carbonyl (C=O) groups is 1. The lowest BCUT2D eigenvalue weighted by molar-refractivity contribution is 0.0992. The summed E-state index contributed by atoms with van der Waals surface area (Å²) in [6.45, 7) is 0. The van der Waals surface area contributed by atoms with Crippen molar-refractivity contribution in [2.75, 3.05) is 0 Å². The van der Waals surface area contributed by atoms with Gasteiger partial charge in [-0.25, -0.2) is 8.78 Å². The van der Waals surface area contributed by atoms with E-state index >= 15 is 0 Å². The van der Waals surface area contributed by atoms with Gasteiger partial charge in [-0.15, -0.1) is 0 Å². The van der Waals surface area contributed by atoms with Crippen LogP contribution >= 0.6 is 23.2 Å². The second kappa shape index (κ2) is 5.68. The predicted molar refractivity (Wildman–Crippen MR) is 70.9 cm³/mol. The first-order valence-corrected chi connectivity index (χ1v) is 6.15. The number of rotatable bonds is 3. The van der Waals surface area contributed by atoms with Gasteiger partial charge in [-0.1, -0.05) is 23.2 Å². The minimum Gasteiger partial charge on any atom is -0.294 e. The Morgan fingerprint density at radius 3 is 2.37 bits per heavy atom. The van der Waals surface area contributed by atoms with Crippen LogP contribution in [-0.4, -0.2) is 5.78 Å². The molecule has 0 aromatic heterocycles. The highest BCUT2D eigenvalue weighted by Gasteiger charge is 2.12. The summed E-state index contributed by atoms with van der Waals surface area (Å²) in [6.07, 6.45) is -0.0995. The van der Waals surface area contributed by atoms with Gasteiger partial charge in [0.25, 0.3) is 0 Å². The normalized spacial score (nSPS) is 10.5. The summed E-state index contributed by atoms with van der Waals surface area (Å²) in [5.41, 5.74) is 0.532. The maximum Gasteiger partial charge on any atom is 0.167 e. The Kier molecular flexibility index (Phi) is 4.17. The van der Waals surface area contributed by atoms with Gasteiger partial charge >= 0.3 is 0 Å². The molecule has 0 aliphatic rings. The Labute approximate surface area is 118 Å². The molecule has 0 N–H and O–H groups in total. The van der Waals surface area contributed by atoms with Crippen molar-refractivity contribution < 1.29 is 13.6 Å². The molecule has 0 heterocycles. The highest BCUT2D eigenvalue weighted by Crippen LogP contribution is 2.21. The van der Waals surface area contributed by atoms with Crippen LogP contribution in [0, 0.1) is 11.6 Å². The molecule has 0 aliphatic carbocycles. The Hall–Kier alpha value is -1.45. The quantitative estimate of drug-likeness (QED) is 0.751. The molecule has 0 amide bonds. The number of ketones is 1.